The Balaban J connectivity index is 1.85. The van der Waals surface area contributed by atoms with Crippen LogP contribution in [0.3, 0.4) is 0 Å². The maximum atomic E-state index is 13.5. The van der Waals surface area contributed by atoms with E-state index in [0.29, 0.717) is 17.3 Å². The Labute approximate surface area is 181 Å². The smallest absolute Gasteiger partial charge is 0.340 e. The van der Waals surface area contributed by atoms with Crippen molar-refractivity contribution < 1.29 is 13.2 Å². The molecule has 0 spiro atoms. The van der Waals surface area contributed by atoms with Crippen molar-refractivity contribution in [3.05, 3.63) is 71.4 Å². The molecule has 0 aliphatic carbocycles. The van der Waals surface area contributed by atoms with Crippen molar-refractivity contribution in [1.82, 2.24) is 9.97 Å². The zero-order valence-electron chi connectivity index (χ0n) is 17.9. The topological polar surface area (TPSA) is 49.8 Å². The third kappa shape index (κ3) is 5.96. The molecule has 4 nitrogen and oxygen atoms in total. The van der Waals surface area contributed by atoms with Crippen LogP contribution < -0.4 is 10.6 Å². The first-order valence-corrected chi connectivity index (χ1v) is 10.5. The van der Waals surface area contributed by atoms with Gasteiger partial charge in [0.05, 0.1) is 0 Å². The Bertz CT molecular complexity index is 983. The monoisotopic (exact) mass is 428 g/mol. The highest BCUT2D eigenvalue weighted by atomic mass is 19.4. The van der Waals surface area contributed by atoms with Crippen LogP contribution in [0, 0.1) is 0 Å². The van der Waals surface area contributed by atoms with Gasteiger partial charge in [-0.2, -0.15) is 18.2 Å². The van der Waals surface area contributed by atoms with E-state index in [-0.39, 0.29) is 11.8 Å². The number of hydrogen-bond acceptors (Lipinski definition) is 4. The summed E-state index contributed by atoms with van der Waals surface area (Å²) in [7, 11) is 0. The molecular weight excluding hydrogens is 401 g/mol. The van der Waals surface area contributed by atoms with Crippen LogP contribution in [0.2, 0.25) is 0 Å². The molecule has 0 fully saturated rings. The lowest BCUT2D eigenvalue weighted by molar-refractivity contribution is -0.137. The average molecular weight is 429 g/mol. The van der Waals surface area contributed by atoms with Gasteiger partial charge in [0.25, 0.3) is 0 Å². The Morgan fingerprint density at radius 3 is 2.10 bits per heavy atom. The van der Waals surface area contributed by atoms with E-state index in [1.807, 2.05) is 36.4 Å². The number of halogens is 3. The molecule has 0 bridgehead atoms. The first kappa shape index (κ1) is 22.6. The molecule has 2 N–H and O–H groups in total. The van der Waals surface area contributed by atoms with Crippen LogP contribution in [0.15, 0.2) is 54.7 Å². The van der Waals surface area contributed by atoms with Crippen molar-refractivity contribution in [3.8, 4) is 0 Å². The minimum atomic E-state index is -4.57. The largest absolute Gasteiger partial charge is 0.421 e. The van der Waals surface area contributed by atoms with Gasteiger partial charge >= 0.3 is 6.18 Å². The third-order valence-electron chi connectivity index (χ3n) is 5.20. The van der Waals surface area contributed by atoms with Crippen molar-refractivity contribution in [2.75, 3.05) is 10.6 Å². The number of anilines is 4. The van der Waals surface area contributed by atoms with E-state index in [4.69, 9.17) is 0 Å². The Hall–Kier alpha value is -3.09. The number of nitrogens with one attached hydrogen (secondary N) is 2. The maximum Gasteiger partial charge on any atom is 0.421 e. The summed E-state index contributed by atoms with van der Waals surface area (Å²) in [5, 5.41) is 5.78. The normalized spacial score (nSPS) is 12.5. The number of rotatable bonds is 8. The highest BCUT2D eigenvalue weighted by Crippen LogP contribution is 2.35. The SMILES string of the molecule is CCCc1ccc(Nc2ncc(C(F)(F)F)c(Nc3ccc(C(C)CC)cc3)n2)cc1. The lowest BCUT2D eigenvalue weighted by Gasteiger charge is -2.16. The summed E-state index contributed by atoms with van der Waals surface area (Å²) in [4.78, 5) is 7.98. The number of aryl methyl sites for hydroxylation is 1. The number of aromatic nitrogens is 2. The summed E-state index contributed by atoms with van der Waals surface area (Å²) in [5.41, 5.74) is 2.67. The van der Waals surface area contributed by atoms with E-state index in [9.17, 15) is 13.2 Å². The number of benzene rings is 2. The first-order valence-electron chi connectivity index (χ1n) is 10.5. The second-order valence-electron chi connectivity index (χ2n) is 7.58. The quantitative estimate of drug-likeness (QED) is 0.391. The summed E-state index contributed by atoms with van der Waals surface area (Å²) >= 11 is 0. The second kappa shape index (κ2) is 9.81. The molecule has 1 unspecified atom stereocenters. The predicted octanol–water partition coefficient (Wildman–Crippen LogP) is 7.45. The zero-order chi connectivity index (χ0) is 22.4. The molecule has 31 heavy (non-hydrogen) atoms. The fourth-order valence-electron chi connectivity index (χ4n) is 3.18. The molecule has 0 radical (unpaired) electrons. The Kier molecular flexibility index (Phi) is 7.15. The third-order valence-corrected chi connectivity index (χ3v) is 5.20. The molecule has 7 heteroatoms. The lowest BCUT2D eigenvalue weighted by atomic mass is 9.99. The standard InChI is InChI=1S/C24H27F3N4/c1-4-6-17-7-11-20(12-8-17)30-23-28-15-21(24(25,26)27)22(31-23)29-19-13-9-18(10-14-19)16(3)5-2/h7-16H,4-6H2,1-3H3,(H2,28,29,30,31). The summed E-state index contributed by atoms with van der Waals surface area (Å²) in [6, 6.07) is 15.1. The van der Waals surface area contributed by atoms with Gasteiger partial charge in [-0.1, -0.05) is 51.5 Å². The fraction of sp³-hybridized carbons (Fsp3) is 0.333. The lowest BCUT2D eigenvalue weighted by Crippen LogP contribution is -2.12. The van der Waals surface area contributed by atoms with Gasteiger partial charge in [-0.25, -0.2) is 4.98 Å². The van der Waals surface area contributed by atoms with Gasteiger partial charge in [-0.05, 0) is 54.2 Å². The molecule has 1 atom stereocenters. The molecule has 0 saturated carbocycles. The van der Waals surface area contributed by atoms with Crippen molar-refractivity contribution >= 4 is 23.1 Å². The first-order chi connectivity index (χ1) is 14.8. The van der Waals surface area contributed by atoms with Gasteiger partial charge in [-0.3, -0.25) is 0 Å². The van der Waals surface area contributed by atoms with Gasteiger partial charge in [0.1, 0.15) is 11.4 Å². The summed E-state index contributed by atoms with van der Waals surface area (Å²) in [6.07, 6.45) is -0.759. The zero-order valence-corrected chi connectivity index (χ0v) is 17.9. The van der Waals surface area contributed by atoms with E-state index in [1.54, 1.807) is 12.1 Å². The predicted molar refractivity (Wildman–Crippen MR) is 119 cm³/mol. The average Bonchev–Trinajstić information content (AvgIpc) is 2.74. The fourth-order valence-corrected chi connectivity index (χ4v) is 3.18. The van der Waals surface area contributed by atoms with Gasteiger partial charge in [0.2, 0.25) is 5.95 Å². The number of nitrogens with zero attached hydrogens (tertiary/aromatic N) is 2. The molecule has 164 valence electrons. The van der Waals surface area contributed by atoms with Crippen LogP contribution in [0.1, 0.15) is 56.2 Å². The van der Waals surface area contributed by atoms with Crippen LogP contribution >= 0.6 is 0 Å². The summed E-state index contributed by atoms with van der Waals surface area (Å²) in [6.45, 7) is 6.31. The Morgan fingerprint density at radius 1 is 0.903 bits per heavy atom. The molecule has 1 aromatic heterocycles. The van der Waals surface area contributed by atoms with Crippen molar-refractivity contribution in [1.29, 1.82) is 0 Å². The summed E-state index contributed by atoms with van der Waals surface area (Å²) in [5.74, 6) is 0.192. The van der Waals surface area contributed by atoms with Crippen molar-refractivity contribution in [2.45, 2.75) is 52.1 Å². The van der Waals surface area contributed by atoms with Crippen molar-refractivity contribution in [3.63, 3.8) is 0 Å². The van der Waals surface area contributed by atoms with Crippen LogP contribution in [-0.4, -0.2) is 9.97 Å². The van der Waals surface area contributed by atoms with E-state index in [2.05, 4.69) is 41.4 Å². The van der Waals surface area contributed by atoms with Crippen LogP contribution in [-0.2, 0) is 12.6 Å². The minimum Gasteiger partial charge on any atom is -0.340 e. The molecular formula is C24H27F3N4. The van der Waals surface area contributed by atoms with Gasteiger partial charge in [0, 0.05) is 17.6 Å². The number of hydrogen-bond donors (Lipinski definition) is 2. The molecule has 0 saturated heterocycles. The highest BCUT2D eigenvalue weighted by molar-refractivity contribution is 5.63. The van der Waals surface area contributed by atoms with Crippen LogP contribution in [0.4, 0.5) is 36.3 Å². The minimum absolute atomic E-state index is 0.0926. The Morgan fingerprint density at radius 2 is 1.52 bits per heavy atom. The van der Waals surface area contributed by atoms with Gasteiger partial charge in [-0.15, -0.1) is 0 Å². The van der Waals surface area contributed by atoms with Crippen LogP contribution in [0.25, 0.3) is 0 Å². The van der Waals surface area contributed by atoms with E-state index in [0.717, 1.165) is 31.0 Å². The maximum absolute atomic E-state index is 13.5. The highest BCUT2D eigenvalue weighted by Gasteiger charge is 2.35. The molecule has 0 amide bonds. The van der Waals surface area contributed by atoms with Crippen molar-refractivity contribution in [2.24, 2.45) is 0 Å². The molecule has 3 rings (SSSR count). The van der Waals surface area contributed by atoms with Gasteiger partial charge < -0.3 is 10.6 Å². The van der Waals surface area contributed by atoms with Crippen LogP contribution in [0.5, 0.6) is 0 Å². The molecule has 3 aromatic rings. The molecule has 0 aliphatic heterocycles. The van der Waals surface area contributed by atoms with E-state index < -0.39 is 11.7 Å². The number of alkyl halides is 3. The molecule has 1 heterocycles. The summed E-state index contributed by atoms with van der Waals surface area (Å²) < 4.78 is 40.5. The molecule has 0 aliphatic rings. The second-order valence-corrected chi connectivity index (χ2v) is 7.58. The van der Waals surface area contributed by atoms with E-state index >= 15 is 0 Å². The molecule has 2 aromatic carbocycles. The van der Waals surface area contributed by atoms with Gasteiger partial charge in [0.15, 0.2) is 0 Å². The van der Waals surface area contributed by atoms with E-state index in [1.165, 1.54) is 5.56 Å².